The van der Waals surface area contributed by atoms with Gasteiger partial charge >= 0.3 is 0 Å². The Labute approximate surface area is 143 Å². The van der Waals surface area contributed by atoms with Crippen molar-refractivity contribution in [1.29, 1.82) is 0 Å². The lowest BCUT2D eigenvalue weighted by Gasteiger charge is -2.21. The van der Waals surface area contributed by atoms with Gasteiger partial charge in [-0.2, -0.15) is 0 Å². The number of para-hydroxylation sites is 1. The van der Waals surface area contributed by atoms with Crippen LogP contribution >= 0.6 is 0 Å². The lowest BCUT2D eigenvalue weighted by atomic mass is 10.2. The van der Waals surface area contributed by atoms with E-state index in [1.807, 2.05) is 0 Å². The summed E-state index contributed by atoms with van der Waals surface area (Å²) in [5.41, 5.74) is 1.88. The van der Waals surface area contributed by atoms with E-state index in [1.165, 1.54) is 12.1 Å². The number of hydrogen-bond donors (Lipinski definition) is 3. The molecule has 3 N–H and O–H groups in total. The Bertz CT molecular complexity index is 1020. The summed E-state index contributed by atoms with van der Waals surface area (Å²) in [5, 5.41) is 5.28. The third kappa shape index (κ3) is 2.78. The SMILES string of the molecule is O=C1Cc2cc(S(=O)(=O)Nc3cccc4c3OCC(=O)N4)ccc2N1. The van der Waals surface area contributed by atoms with Crippen LogP contribution in [0.2, 0.25) is 0 Å². The third-order valence-electron chi connectivity index (χ3n) is 3.89. The van der Waals surface area contributed by atoms with Crippen molar-refractivity contribution in [2.24, 2.45) is 0 Å². The van der Waals surface area contributed by atoms with Crippen molar-refractivity contribution >= 4 is 38.9 Å². The molecule has 0 saturated heterocycles. The molecule has 128 valence electrons. The Kier molecular flexibility index (Phi) is 3.39. The normalized spacial score (nSPS) is 15.5. The van der Waals surface area contributed by atoms with Crippen molar-refractivity contribution in [3.8, 4) is 5.75 Å². The molecule has 2 amide bonds. The van der Waals surface area contributed by atoms with Gasteiger partial charge in [0.25, 0.3) is 15.9 Å². The van der Waals surface area contributed by atoms with E-state index in [-0.39, 0.29) is 41.2 Å². The van der Waals surface area contributed by atoms with Crippen LogP contribution in [0.15, 0.2) is 41.3 Å². The van der Waals surface area contributed by atoms with Gasteiger partial charge in [0, 0.05) is 5.69 Å². The molecule has 0 aromatic heterocycles. The molecule has 2 aromatic carbocycles. The fourth-order valence-electron chi connectivity index (χ4n) is 2.77. The highest BCUT2D eigenvalue weighted by atomic mass is 32.2. The van der Waals surface area contributed by atoms with Gasteiger partial charge in [-0.15, -0.1) is 0 Å². The van der Waals surface area contributed by atoms with Crippen LogP contribution in [0.3, 0.4) is 0 Å². The molecule has 2 heterocycles. The number of carbonyl (C=O) groups excluding carboxylic acids is 2. The highest BCUT2D eigenvalue weighted by Gasteiger charge is 2.25. The number of ether oxygens (including phenoxy) is 1. The topological polar surface area (TPSA) is 114 Å². The van der Waals surface area contributed by atoms with Crippen molar-refractivity contribution in [3.05, 3.63) is 42.0 Å². The zero-order valence-corrected chi connectivity index (χ0v) is 13.6. The molecule has 2 aliphatic rings. The first-order chi connectivity index (χ1) is 11.9. The Morgan fingerprint density at radius 2 is 1.80 bits per heavy atom. The summed E-state index contributed by atoms with van der Waals surface area (Å²) in [7, 11) is -3.88. The molecule has 0 saturated carbocycles. The fraction of sp³-hybridized carbons (Fsp3) is 0.125. The van der Waals surface area contributed by atoms with Crippen LogP contribution in [0, 0.1) is 0 Å². The average molecular weight is 359 g/mol. The van der Waals surface area contributed by atoms with Crippen LogP contribution in [0.4, 0.5) is 17.1 Å². The van der Waals surface area contributed by atoms with E-state index in [9.17, 15) is 18.0 Å². The van der Waals surface area contributed by atoms with E-state index >= 15 is 0 Å². The molecule has 0 unspecified atom stereocenters. The smallest absolute Gasteiger partial charge is 0.262 e. The van der Waals surface area contributed by atoms with Crippen molar-refractivity contribution in [2.45, 2.75) is 11.3 Å². The van der Waals surface area contributed by atoms with E-state index in [4.69, 9.17) is 4.74 Å². The maximum atomic E-state index is 12.7. The molecule has 4 rings (SSSR count). The van der Waals surface area contributed by atoms with Crippen LogP contribution < -0.4 is 20.1 Å². The van der Waals surface area contributed by atoms with Crippen molar-refractivity contribution in [1.82, 2.24) is 0 Å². The Morgan fingerprint density at radius 1 is 1.00 bits per heavy atom. The van der Waals surface area contributed by atoms with Crippen molar-refractivity contribution in [3.63, 3.8) is 0 Å². The Morgan fingerprint density at radius 3 is 2.64 bits per heavy atom. The standard InChI is InChI=1S/C16H13N3O5S/c20-14-7-9-6-10(4-5-11(9)17-14)25(22,23)19-13-3-1-2-12-16(13)24-8-15(21)18-12/h1-6,19H,7-8H2,(H,17,20)(H,18,21). The van der Waals surface area contributed by atoms with E-state index in [0.717, 1.165) is 0 Å². The summed E-state index contributed by atoms with van der Waals surface area (Å²) in [4.78, 5) is 22.8. The first kappa shape index (κ1) is 15.5. The monoisotopic (exact) mass is 359 g/mol. The highest BCUT2D eigenvalue weighted by Crippen LogP contribution is 2.37. The van der Waals surface area contributed by atoms with E-state index in [1.54, 1.807) is 24.3 Å². The van der Waals surface area contributed by atoms with E-state index < -0.39 is 10.0 Å². The molecule has 2 aliphatic heterocycles. The van der Waals surface area contributed by atoms with Gasteiger partial charge in [0.05, 0.1) is 22.7 Å². The molecule has 0 fully saturated rings. The van der Waals surface area contributed by atoms with Gasteiger partial charge in [0.15, 0.2) is 12.4 Å². The predicted octanol–water partition coefficient (Wildman–Crippen LogP) is 1.31. The molecule has 0 spiro atoms. The number of anilines is 3. The van der Waals surface area contributed by atoms with E-state index in [0.29, 0.717) is 16.9 Å². The first-order valence-corrected chi connectivity index (χ1v) is 8.92. The number of rotatable bonds is 3. The summed E-state index contributed by atoms with van der Waals surface area (Å²) in [6.45, 7) is -0.182. The summed E-state index contributed by atoms with van der Waals surface area (Å²) >= 11 is 0. The third-order valence-corrected chi connectivity index (χ3v) is 5.26. The van der Waals surface area contributed by atoms with Gasteiger partial charge in [-0.1, -0.05) is 6.07 Å². The molecule has 0 atom stereocenters. The lowest BCUT2D eigenvalue weighted by molar-refractivity contribution is -0.118. The number of amides is 2. The lowest BCUT2D eigenvalue weighted by Crippen LogP contribution is -2.26. The Hall–Kier alpha value is -3.07. The highest BCUT2D eigenvalue weighted by molar-refractivity contribution is 7.92. The van der Waals surface area contributed by atoms with Crippen LogP contribution in [-0.4, -0.2) is 26.8 Å². The number of carbonyl (C=O) groups is 2. The molecule has 0 aliphatic carbocycles. The van der Waals surface area contributed by atoms with Gasteiger partial charge in [-0.25, -0.2) is 8.42 Å². The molecular formula is C16H13N3O5S. The van der Waals surface area contributed by atoms with Crippen molar-refractivity contribution in [2.75, 3.05) is 22.0 Å². The average Bonchev–Trinajstić information content (AvgIpc) is 2.93. The second kappa shape index (κ2) is 5.49. The molecular weight excluding hydrogens is 346 g/mol. The molecule has 0 radical (unpaired) electrons. The zero-order chi connectivity index (χ0) is 17.6. The maximum Gasteiger partial charge on any atom is 0.262 e. The summed E-state index contributed by atoms with van der Waals surface area (Å²) < 4.78 is 33.2. The van der Waals surface area contributed by atoms with E-state index in [2.05, 4.69) is 15.4 Å². The summed E-state index contributed by atoms with van der Waals surface area (Å²) in [6, 6.07) is 9.23. The second-order valence-electron chi connectivity index (χ2n) is 5.67. The molecule has 2 aromatic rings. The predicted molar refractivity (Wildman–Crippen MR) is 90.2 cm³/mol. The summed E-state index contributed by atoms with van der Waals surface area (Å²) in [5.74, 6) is -0.203. The minimum atomic E-state index is -3.88. The number of benzene rings is 2. The molecule has 0 bridgehead atoms. The van der Waals surface area contributed by atoms with Gasteiger partial charge in [-0.3, -0.25) is 14.3 Å². The maximum absolute atomic E-state index is 12.7. The molecule has 8 nitrogen and oxygen atoms in total. The zero-order valence-electron chi connectivity index (χ0n) is 12.8. The fourth-order valence-corrected chi connectivity index (χ4v) is 3.88. The van der Waals surface area contributed by atoms with Crippen LogP contribution in [0.1, 0.15) is 5.56 Å². The number of nitrogens with one attached hydrogen (secondary N) is 3. The summed E-state index contributed by atoms with van der Waals surface area (Å²) in [6.07, 6.45) is 0.147. The van der Waals surface area contributed by atoms with Gasteiger partial charge in [0.1, 0.15) is 0 Å². The van der Waals surface area contributed by atoms with Crippen molar-refractivity contribution < 1.29 is 22.7 Å². The number of hydrogen-bond acceptors (Lipinski definition) is 5. The minimum absolute atomic E-state index is 0.0419. The number of sulfonamides is 1. The van der Waals surface area contributed by atoms with Gasteiger partial charge in [0.2, 0.25) is 5.91 Å². The van der Waals surface area contributed by atoms with Crippen LogP contribution in [-0.2, 0) is 26.0 Å². The molecule has 25 heavy (non-hydrogen) atoms. The van der Waals surface area contributed by atoms with Gasteiger partial charge in [-0.05, 0) is 35.9 Å². The second-order valence-corrected chi connectivity index (χ2v) is 7.35. The van der Waals surface area contributed by atoms with Crippen LogP contribution in [0.25, 0.3) is 0 Å². The van der Waals surface area contributed by atoms with Gasteiger partial charge < -0.3 is 15.4 Å². The van der Waals surface area contributed by atoms with Crippen LogP contribution in [0.5, 0.6) is 5.75 Å². The first-order valence-electron chi connectivity index (χ1n) is 7.44. The molecule has 9 heteroatoms. The Balaban J connectivity index is 1.67. The minimum Gasteiger partial charge on any atom is -0.479 e. The largest absolute Gasteiger partial charge is 0.479 e. The number of fused-ring (bicyclic) bond motifs is 2. The quantitative estimate of drug-likeness (QED) is 0.765.